The van der Waals surface area contributed by atoms with E-state index in [1.165, 1.54) is 6.92 Å². The highest BCUT2D eigenvalue weighted by Gasteiger charge is 2.48. The Morgan fingerprint density at radius 2 is 1.70 bits per heavy atom. The smallest absolute Gasteiger partial charge is 0.269 e. The highest BCUT2D eigenvalue weighted by molar-refractivity contribution is 7.89. The molecular formula is C18H16N2O6S. The number of ketones is 1. The number of hydrogen-bond acceptors (Lipinski definition) is 6. The highest BCUT2D eigenvalue weighted by Crippen LogP contribution is 2.37. The molecule has 0 N–H and O–H groups in total. The van der Waals surface area contributed by atoms with E-state index in [9.17, 15) is 28.1 Å². The van der Waals surface area contributed by atoms with Crippen LogP contribution >= 0.6 is 0 Å². The third kappa shape index (κ3) is 3.33. The third-order valence-corrected chi connectivity index (χ3v) is 6.36. The normalized spacial score (nSPS) is 19.9. The molecule has 1 amide bonds. The molecule has 2 atom stereocenters. The molecule has 1 saturated heterocycles. The van der Waals surface area contributed by atoms with Crippen LogP contribution in [0.15, 0.2) is 59.5 Å². The number of rotatable bonds is 5. The van der Waals surface area contributed by atoms with Crippen molar-refractivity contribution in [1.82, 2.24) is 4.31 Å². The molecule has 2 aromatic rings. The minimum atomic E-state index is -4.23. The summed E-state index contributed by atoms with van der Waals surface area (Å²) in [5, 5.41) is 10.7. The quantitative estimate of drug-likeness (QED) is 0.440. The Hall–Kier alpha value is -3.07. The fourth-order valence-corrected chi connectivity index (χ4v) is 4.68. The first kappa shape index (κ1) is 18.7. The van der Waals surface area contributed by atoms with Crippen LogP contribution in [0, 0.1) is 16.0 Å². The number of nitro benzene ring substituents is 1. The number of non-ortho nitro benzene ring substituents is 1. The van der Waals surface area contributed by atoms with Crippen LogP contribution in [0.5, 0.6) is 0 Å². The summed E-state index contributed by atoms with van der Waals surface area (Å²) >= 11 is 0. The molecule has 0 saturated carbocycles. The number of carbonyl (C=O) groups is 2. The van der Waals surface area contributed by atoms with E-state index in [4.69, 9.17) is 0 Å². The van der Waals surface area contributed by atoms with Crippen LogP contribution < -0.4 is 0 Å². The molecule has 2 aromatic carbocycles. The molecule has 1 heterocycles. The van der Waals surface area contributed by atoms with E-state index in [0.29, 0.717) is 9.87 Å². The van der Waals surface area contributed by atoms with Crippen LogP contribution in [0.1, 0.15) is 18.4 Å². The maximum atomic E-state index is 12.9. The SMILES string of the molecule is CC(=O)[C@H]1C(=O)N(S(=O)(=O)c2ccc([N+](=O)[O-])cc2)C[C@@H]1c1ccccc1. The van der Waals surface area contributed by atoms with Gasteiger partial charge in [0.1, 0.15) is 11.7 Å². The Bertz CT molecular complexity index is 1000. The fraction of sp³-hybridized carbons (Fsp3) is 0.222. The third-order valence-electron chi connectivity index (χ3n) is 4.58. The van der Waals surface area contributed by atoms with Gasteiger partial charge in [0.15, 0.2) is 0 Å². The zero-order valence-electron chi connectivity index (χ0n) is 14.3. The van der Waals surface area contributed by atoms with Crippen LogP contribution in [0.25, 0.3) is 0 Å². The van der Waals surface area contributed by atoms with E-state index in [0.717, 1.165) is 24.3 Å². The van der Waals surface area contributed by atoms with Crippen molar-refractivity contribution in [2.24, 2.45) is 5.92 Å². The first-order chi connectivity index (χ1) is 12.7. The summed E-state index contributed by atoms with van der Waals surface area (Å²) in [4.78, 5) is 34.7. The molecule has 3 rings (SSSR count). The first-order valence-electron chi connectivity index (χ1n) is 8.10. The van der Waals surface area contributed by atoms with E-state index in [2.05, 4.69) is 0 Å². The molecule has 0 radical (unpaired) electrons. The standard InChI is InChI=1S/C18H16N2O6S/c1-12(21)17-16(13-5-3-2-4-6-13)11-19(18(17)22)27(25,26)15-9-7-14(8-10-15)20(23)24/h2-10,16-17H,11H2,1H3/t16-,17-/m1/s1. The lowest BCUT2D eigenvalue weighted by molar-refractivity contribution is -0.384. The summed E-state index contributed by atoms with van der Waals surface area (Å²) in [6.45, 7) is 1.10. The first-order valence-corrected chi connectivity index (χ1v) is 9.54. The Morgan fingerprint density at radius 3 is 2.22 bits per heavy atom. The van der Waals surface area contributed by atoms with Gasteiger partial charge in [-0.25, -0.2) is 12.7 Å². The summed E-state index contributed by atoms with van der Waals surface area (Å²) < 4.78 is 26.5. The largest absolute Gasteiger partial charge is 0.299 e. The van der Waals surface area contributed by atoms with Gasteiger partial charge < -0.3 is 0 Å². The minimum absolute atomic E-state index is 0.160. The number of carbonyl (C=O) groups excluding carboxylic acids is 2. The van der Waals surface area contributed by atoms with E-state index in [1.807, 2.05) is 0 Å². The van der Waals surface area contributed by atoms with Gasteiger partial charge >= 0.3 is 0 Å². The summed E-state index contributed by atoms with van der Waals surface area (Å²) in [5.74, 6) is -2.85. The number of amides is 1. The summed E-state index contributed by atoms with van der Waals surface area (Å²) in [5.41, 5.74) is 0.443. The maximum absolute atomic E-state index is 12.9. The topological polar surface area (TPSA) is 115 Å². The van der Waals surface area contributed by atoms with Gasteiger partial charge in [-0.1, -0.05) is 30.3 Å². The fourth-order valence-electron chi connectivity index (χ4n) is 3.24. The van der Waals surface area contributed by atoms with Crippen molar-refractivity contribution >= 4 is 27.4 Å². The molecule has 1 aliphatic rings. The molecule has 0 aromatic heterocycles. The van der Waals surface area contributed by atoms with Crippen LogP contribution in [0.3, 0.4) is 0 Å². The lowest BCUT2D eigenvalue weighted by Crippen LogP contribution is -2.35. The van der Waals surface area contributed by atoms with Crippen molar-refractivity contribution in [1.29, 1.82) is 0 Å². The van der Waals surface area contributed by atoms with Crippen molar-refractivity contribution < 1.29 is 22.9 Å². The number of hydrogen-bond donors (Lipinski definition) is 0. The van der Waals surface area contributed by atoms with Crippen LogP contribution in [-0.2, 0) is 19.6 Å². The lowest BCUT2D eigenvalue weighted by Gasteiger charge is -2.17. The molecule has 9 heteroatoms. The minimum Gasteiger partial charge on any atom is -0.299 e. The molecule has 27 heavy (non-hydrogen) atoms. The Labute approximate surface area is 155 Å². The van der Waals surface area contributed by atoms with E-state index in [1.54, 1.807) is 30.3 Å². The molecule has 0 aliphatic carbocycles. The van der Waals surface area contributed by atoms with Crippen molar-refractivity contribution in [2.45, 2.75) is 17.7 Å². The summed E-state index contributed by atoms with van der Waals surface area (Å²) in [6, 6.07) is 13.1. The van der Waals surface area contributed by atoms with E-state index >= 15 is 0 Å². The Balaban J connectivity index is 1.99. The maximum Gasteiger partial charge on any atom is 0.269 e. The van der Waals surface area contributed by atoms with Crippen molar-refractivity contribution in [3.05, 3.63) is 70.3 Å². The number of Topliss-reactive ketones (excluding diaryl/α,β-unsaturated/α-hetero) is 1. The second-order valence-electron chi connectivity index (χ2n) is 6.23. The number of benzene rings is 2. The molecule has 1 fully saturated rings. The van der Waals surface area contributed by atoms with Gasteiger partial charge in [-0.05, 0) is 24.6 Å². The second-order valence-corrected chi connectivity index (χ2v) is 8.09. The molecule has 0 bridgehead atoms. The van der Waals surface area contributed by atoms with Gasteiger partial charge in [-0.15, -0.1) is 0 Å². The van der Waals surface area contributed by atoms with E-state index in [-0.39, 0.29) is 17.1 Å². The van der Waals surface area contributed by atoms with Gasteiger partial charge in [0, 0.05) is 24.6 Å². The molecular weight excluding hydrogens is 372 g/mol. The molecule has 0 spiro atoms. The van der Waals surface area contributed by atoms with Gasteiger partial charge in [0.2, 0.25) is 5.91 Å². The van der Waals surface area contributed by atoms with Gasteiger partial charge in [0.25, 0.3) is 15.7 Å². The van der Waals surface area contributed by atoms with Gasteiger partial charge in [-0.3, -0.25) is 19.7 Å². The van der Waals surface area contributed by atoms with Crippen molar-refractivity contribution in [3.63, 3.8) is 0 Å². The zero-order valence-corrected chi connectivity index (χ0v) is 15.1. The Kier molecular flexibility index (Phi) is 4.79. The van der Waals surface area contributed by atoms with E-state index < -0.39 is 38.5 Å². The average molecular weight is 388 g/mol. The van der Waals surface area contributed by atoms with Crippen molar-refractivity contribution in [3.8, 4) is 0 Å². The van der Waals surface area contributed by atoms with Crippen LogP contribution in [-0.4, -0.2) is 35.9 Å². The van der Waals surface area contributed by atoms with Gasteiger partial charge in [-0.2, -0.15) is 0 Å². The predicted octanol–water partition coefficient (Wildman–Crippen LogP) is 2.11. The summed E-state index contributed by atoms with van der Waals surface area (Å²) in [7, 11) is -4.23. The predicted molar refractivity (Wildman–Crippen MR) is 95.3 cm³/mol. The Morgan fingerprint density at radius 1 is 1.11 bits per heavy atom. The monoisotopic (exact) mass is 388 g/mol. The van der Waals surface area contributed by atoms with Crippen LogP contribution in [0.4, 0.5) is 5.69 Å². The highest BCUT2D eigenvalue weighted by atomic mass is 32.2. The lowest BCUT2D eigenvalue weighted by atomic mass is 9.86. The van der Waals surface area contributed by atoms with Crippen LogP contribution in [0.2, 0.25) is 0 Å². The average Bonchev–Trinajstić information content (AvgIpc) is 3.00. The zero-order chi connectivity index (χ0) is 19.8. The van der Waals surface area contributed by atoms with Crippen molar-refractivity contribution in [2.75, 3.05) is 6.54 Å². The molecule has 8 nitrogen and oxygen atoms in total. The summed E-state index contributed by atoms with van der Waals surface area (Å²) in [6.07, 6.45) is 0. The molecule has 1 aliphatic heterocycles. The number of nitro groups is 1. The number of nitrogens with zero attached hydrogens (tertiary/aromatic N) is 2. The second kappa shape index (κ2) is 6.92. The molecule has 0 unspecified atom stereocenters. The number of sulfonamides is 1. The van der Waals surface area contributed by atoms with Gasteiger partial charge in [0.05, 0.1) is 9.82 Å². The molecule has 140 valence electrons.